The normalized spacial score (nSPS) is 11.2. The Morgan fingerprint density at radius 1 is 1.12 bits per heavy atom. The number of carboxylic acid groups (broad SMARTS) is 1. The molecule has 1 aromatic heterocycles. The first kappa shape index (κ1) is 15.4. The summed E-state index contributed by atoms with van der Waals surface area (Å²) in [5, 5.41) is 27.5. The summed E-state index contributed by atoms with van der Waals surface area (Å²) in [6, 6.07) is 10.3. The highest BCUT2D eigenvalue weighted by Crippen LogP contribution is 2.36. The Hall–Kier alpha value is -3.48. The first-order chi connectivity index (χ1) is 11.5. The average Bonchev–Trinajstić information content (AvgIpc) is 2.54. The molecule has 0 fully saturated rings. The Labute approximate surface area is 135 Å². The molecule has 2 N–H and O–H groups in total. The predicted molar refractivity (Wildman–Crippen MR) is 86.5 cm³/mol. The van der Waals surface area contributed by atoms with Crippen molar-refractivity contribution in [3.05, 3.63) is 64.0 Å². The fourth-order valence-electron chi connectivity index (χ4n) is 2.26. The standard InChI is InChI=1S/C17H12N2O5/c1-9-7-14(21)24-16-12(9)5-6-13(20)15(16)19-18-11-4-2-3-10(8-11)17(22)23/h2-8,20H,1H3,(H,22,23). The lowest BCUT2D eigenvalue weighted by atomic mass is 10.1. The van der Waals surface area contributed by atoms with Crippen LogP contribution < -0.4 is 5.63 Å². The van der Waals surface area contributed by atoms with Gasteiger partial charge in [-0.15, -0.1) is 5.11 Å². The number of nitrogens with zero attached hydrogens (tertiary/aromatic N) is 2. The van der Waals surface area contributed by atoms with Crippen LogP contribution in [-0.2, 0) is 0 Å². The van der Waals surface area contributed by atoms with Crippen LogP contribution in [0, 0.1) is 6.92 Å². The van der Waals surface area contributed by atoms with Crippen LogP contribution in [0.1, 0.15) is 15.9 Å². The molecule has 3 aromatic rings. The molecule has 0 saturated carbocycles. The van der Waals surface area contributed by atoms with Crippen molar-refractivity contribution >= 4 is 28.3 Å². The minimum absolute atomic E-state index is 0.00836. The zero-order valence-electron chi connectivity index (χ0n) is 12.6. The van der Waals surface area contributed by atoms with Gasteiger partial charge in [0.25, 0.3) is 0 Å². The molecule has 1 heterocycles. The van der Waals surface area contributed by atoms with E-state index in [1.54, 1.807) is 19.1 Å². The Morgan fingerprint density at radius 3 is 2.67 bits per heavy atom. The van der Waals surface area contributed by atoms with E-state index in [0.29, 0.717) is 16.6 Å². The SMILES string of the molecule is Cc1cc(=O)oc2c(N=Nc3cccc(C(=O)O)c3)c(O)ccc12. The lowest BCUT2D eigenvalue weighted by molar-refractivity contribution is 0.0697. The minimum atomic E-state index is -1.08. The summed E-state index contributed by atoms with van der Waals surface area (Å²) < 4.78 is 5.14. The van der Waals surface area contributed by atoms with Crippen LogP contribution in [0.4, 0.5) is 11.4 Å². The molecule has 7 heteroatoms. The largest absolute Gasteiger partial charge is 0.505 e. The van der Waals surface area contributed by atoms with E-state index in [2.05, 4.69) is 10.2 Å². The summed E-state index contributed by atoms with van der Waals surface area (Å²) >= 11 is 0. The van der Waals surface area contributed by atoms with Gasteiger partial charge in [0.1, 0.15) is 5.75 Å². The molecule has 0 saturated heterocycles. The van der Waals surface area contributed by atoms with Crippen molar-refractivity contribution in [2.24, 2.45) is 10.2 Å². The van der Waals surface area contributed by atoms with E-state index in [4.69, 9.17) is 9.52 Å². The van der Waals surface area contributed by atoms with Crippen molar-refractivity contribution in [2.45, 2.75) is 6.92 Å². The molecule has 24 heavy (non-hydrogen) atoms. The smallest absolute Gasteiger partial charge is 0.336 e. The van der Waals surface area contributed by atoms with Gasteiger partial charge in [-0.2, -0.15) is 5.11 Å². The zero-order chi connectivity index (χ0) is 17.3. The van der Waals surface area contributed by atoms with Crippen LogP contribution in [-0.4, -0.2) is 16.2 Å². The van der Waals surface area contributed by atoms with Gasteiger partial charge in [-0.3, -0.25) is 0 Å². The van der Waals surface area contributed by atoms with E-state index in [1.807, 2.05) is 0 Å². The number of hydrogen-bond donors (Lipinski definition) is 2. The topological polar surface area (TPSA) is 112 Å². The summed E-state index contributed by atoms with van der Waals surface area (Å²) in [6.07, 6.45) is 0. The number of aryl methyl sites for hydroxylation is 1. The highest BCUT2D eigenvalue weighted by molar-refractivity contribution is 5.92. The lowest BCUT2D eigenvalue weighted by Gasteiger charge is -2.04. The summed E-state index contributed by atoms with van der Waals surface area (Å²) in [4.78, 5) is 22.5. The summed E-state index contributed by atoms with van der Waals surface area (Å²) in [7, 11) is 0. The van der Waals surface area contributed by atoms with Crippen molar-refractivity contribution in [1.29, 1.82) is 0 Å². The predicted octanol–water partition coefficient (Wildman–Crippen LogP) is 3.92. The monoisotopic (exact) mass is 324 g/mol. The number of carbonyl (C=O) groups is 1. The summed E-state index contributed by atoms with van der Waals surface area (Å²) in [5.41, 5.74) is 0.616. The minimum Gasteiger partial charge on any atom is -0.505 e. The van der Waals surface area contributed by atoms with Gasteiger partial charge in [0.2, 0.25) is 0 Å². The highest BCUT2D eigenvalue weighted by Gasteiger charge is 2.12. The average molecular weight is 324 g/mol. The van der Waals surface area contributed by atoms with Crippen LogP contribution in [0.5, 0.6) is 5.75 Å². The second kappa shape index (κ2) is 5.96. The number of rotatable bonds is 3. The number of azo groups is 1. The van der Waals surface area contributed by atoms with Crippen molar-refractivity contribution < 1.29 is 19.4 Å². The molecule has 3 rings (SSSR count). The molecular formula is C17H12N2O5. The van der Waals surface area contributed by atoms with Gasteiger partial charge in [0, 0.05) is 11.5 Å². The zero-order valence-corrected chi connectivity index (χ0v) is 12.6. The molecule has 0 aliphatic carbocycles. The van der Waals surface area contributed by atoms with Gasteiger partial charge >= 0.3 is 11.6 Å². The van der Waals surface area contributed by atoms with E-state index in [9.17, 15) is 14.7 Å². The molecule has 120 valence electrons. The maximum atomic E-state index is 11.6. The molecular weight excluding hydrogens is 312 g/mol. The Morgan fingerprint density at radius 2 is 1.92 bits per heavy atom. The van der Waals surface area contributed by atoms with Gasteiger partial charge in [0.05, 0.1) is 11.3 Å². The molecule has 0 spiro atoms. The summed E-state index contributed by atoms with van der Waals surface area (Å²) in [5.74, 6) is -1.28. The Balaban J connectivity index is 2.13. The van der Waals surface area contributed by atoms with Gasteiger partial charge in [-0.25, -0.2) is 9.59 Å². The number of carboxylic acids is 1. The number of aromatic hydroxyl groups is 1. The Kier molecular flexibility index (Phi) is 3.83. The van der Waals surface area contributed by atoms with Crippen LogP contribution >= 0.6 is 0 Å². The van der Waals surface area contributed by atoms with Gasteiger partial charge in [0.15, 0.2) is 11.3 Å². The van der Waals surface area contributed by atoms with Crippen molar-refractivity contribution in [3.8, 4) is 5.75 Å². The molecule has 0 aliphatic heterocycles. The highest BCUT2D eigenvalue weighted by atomic mass is 16.4. The van der Waals surface area contributed by atoms with Crippen LogP contribution in [0.3, 0.4) is 0 Å². The third kappa shape index (κ3) is 2.87. The number of hydrogen-bond acceptors (Lipinski definition) is 6. The molecule has 0 unspecified atom stereocenters. The quantitative estimate of drug-likeness (QED) is 0.560. The molecule has 7 nitrogen and oxygen atoms in total. The Bertz CT molecular complexity index is 1040. The van der Waals surface area contributed by atoms with Crippen molar-refractivity contribution in [3.63, 3.8) is 0 Å². The second-order valence-electron chi connectivity index (χ2n) is 5.11. The molecule has 2 aromatic carbocycles. The van der Waals surface area contributed by atoms with E-state index in [-0.39, 0.29) is 22.6 Å². The van der Waals surface area contributed by atoms with Crippen molar-refractivity contribution in [2.75, 3.05) is 0 Å². The fraction of sp³-hybridized carbons (Fsp3) is 0.0588. The molecule has 0 radical (unpaired) electrons. The van der Waals surface area contributed by atoms with E-state index in [1.165, 1.54) is 30.3 Å². The van der Waals surface area contributed by atoms with E-state index < -0.39 is 11.6 Å². The third-order valence-corrected chi connectivity index (χ3v) is 3.43. The first-order valence-corrected chi connectivity index (χ1v) is 6.97. The summed E-state index contributed by atoms with van der Waals surface area (Å²) in [6.45, 7) is 1.74. The lowest BCUT2D eigenvalue weighted by Crippen LogP contribution is -1.97. The maximum absolute atomic E-state index is 11.6. The fourth-order valence-corrected chi connectivity index (χ4v) is 2.26. The number of phenols is 1. The van der Waals surface area contributed by atoms with E-state index >= 15 is 0 Å². The van der Waals surface area contributed by atoms with Crippen molar-refractivity contribution in [1.82, 2.24) is 0 Å². The second-order valence-corrected chi connectivity index (χ2v) is 5.11. The third-order valence-electron chi connectivity index (χ3n) is 3.43. The molecule has 0 amide bonds. The van der Waals surface area contributed by atoms with Crippen LogP contribution in [0.25, 0.3) is 11.0 Å². The molecule has 0 aliphatic rings. The van der Waals surface area contributed by atoms with Crippen LogP contribution in [0.2, 0.25) is 0 Å². The van der Waals surface area contributed by atoms with Gasteiger partial charge in [-0.1, -0.05) is 6.07 Å². The number of aromatic carboxylic acids is 1. The first-order valence-electron chi connectivity index (χ1n) is 6.97. The maximum Gasteiger partial charge on any atom is 0.336 e. The molecule has 0 bridgehead atoms. The number of fused-ring (bicyclic) bond motifs is 1. The van der Waals surface area contributed by atoms with Gasteiger partial charge < -0.3 is 14.6 Å². The van der Waals surface area contributed by atoms with E-state index in [0.717, 1.165) is 0 Å². The molecule has 0 atom stereocenters. The van der Waals surface area contributed by atoms with Crippen LogP contribution in [0.15, 0.2) is 61.9 Å². The number of benzene rings is 2. The van der Waals surface area contributed by atoms with Gasteiger partial charge in [-0.05, 0) is 42.8 Å². The number of phenolic OH excluding ortho intramolecular Hbond substituents is 1.